The average Bonchev–Trinajstić information content (AvgIpc) is 3.07. The van der Waals surface area contributed by atoms with Crippen molar-refractivity contribution in [1.82, 2.24) is 19.5 Å². The van der Waals surface area contributed by atoms with Crippen molar-refractivity contribution in [3.8, 4) is 11.5 Å². The van der Waals surface area contributed by atoms with Gasteiger partial charge < -0.3 is 9.15 Å². The fourth-order valence-corrected chi connectivity index (χ4v) is 3.20. The Morgan fingerprint density at radius 1 is 1.19 bits per heavy atom. The van der Waals surface area contributed by atoms with E-state index in [1.807, 2.05) is 6.92 Å². The lowest BCUT2D eigenvalue weighted by Crippen LogP contribution is -2.38. The van der Waals surface area contributed by atoms with Crippen LogP contribution in [0.3, 0.4) is 0 Å². The molecule has 7 nitrogen and oxygen atoms in total. The summed E-state index contributed by atoms with van der Waals surface area (Å²) in [4.78, 5) is 19.6. The Balaban J connectivity index is 1.64. The normalized spacial score (nSPS) is 15.6. The second kappa shape index (κ2) is 7.19. The van der Waals surface area contributed by atoms with E-state index in [1.54, 1.807) is 24.3 Å². The maximum Gasteiger partial charge on any atom is 0.328 e. The molecule has 0 spiro atoms. The van der Waals surface area contributed by atoms with Crippen molar-refractivity contribution in [2.24, 2.45) is 0 Å². The molecule has 1 aliphatic heterocycles. The maximum absolute atomic E-state index is 12.9. The van der Waals surface area contributed by atoms with Crippen molar-refractivity contribution in [1.29, 1.82) is 0 Å². The van der Waals surface area contributed by atoms with Crippen molar-refractivity contribution in [3.63, 3.8) is 0 Å². The zero-order valence-electron chi connectivity index (χ0n) is 14.4. The van der Waals surface area contributed by atoms with Gasteiger partial charge in [-0.3, -0.25) is 9.69 Å². The summed E-state index contributed by atoms with van der Waals surface area (Å²) >= 11 is 5.91. The first-order valence-corrected chi connectivity index (χ1v) is 8.95. The smallest absolute Gasteiger partial charge is 0.328 e. The van der Waals surface area contributed by atoms with Crippen LogP contribution in [0.2, 0.25) is 5.02 Å². The molecule has 0 N–H and O–H groups in total. The van der Waals surface area contributed by atoms with Gasteiger partial charge in [-0.05, 0) is 37.6 Å². The highest BCUT2D eigenvalue weighted by Crippen LogP contribution is 2.21. The molecule has 0 amide bonds. The van der Waals surface area contributed by atoms with Crippen molar-refractivity contribution < 1.29 is 9.15 Å². The van der Waals surface area contributed by atoms with E-state index < -0.39 is 0 Å². The van der Waals surface area contributed by atoms with Crippen LogP contribution >= 0.6 is 11.6 Å². The van der Waals surface area contributed by atoms with Crippen molar-refractivity contribution in [2.45, 2.75) is 13.3 Å². The zero-order valence-corrected chi connectivity index (χ0v) is 15.2. The molecule has 1 aromatic carbocycles. The minimum atomic E-state index is -0.176. The van der Waals surface area contributed by atoms with Crippen LogP contribution in [-0.2, 0) is 11.2 Å². The van der Waals surface area contributed by atoms with Gasteiger partial charge in [0.25, 0.3) is 5.56 Å². The fraction of sp³-hybridized carbons (Fsp3) is 0.389. The van der Waals surface area contributed by atoms with Crippen molar-refractivity contribution >= 4 is 17.4 Å². The van der Waals surface area contributed by atoms with E-state index in [2.05, 4.69) is 15.0 Å². The maximum atomic E-state index is 12.9. The summed E-state index contributed by atoms with van der Waals surface area (Å²) in [5, 5.41) is 4.93. The van der Waals surface area contributed by atoms with Crippen LogP contribution in [0.1, 0.15) is 11.3 Å². The Bertz CT molecular complexity index is 975. The first kappa shape index (κ1) is 17.2. The largest absolute Gasteiger partial charge is 0.403 e. The van der Waals surface area contributed by atoms with E-state index >= 15 is 0 Å². The molecule has 0 atom stereocenters. The first-order chi connectivity index (χ1) is 12.6. The second-order valence-corrected chi connectivity index (χ2v) is 6.73. The lowest BCUT2D eigenvalue weighted by atomic mass is 10.1. The van der Waals surface area contributed by atoms with E-state index in [1.165, 1.54) is 4.52 Å². The molecule has 3 heterocycles. The number of halogens is 1. The molecule has 1 fully saturated rings. The van der Waals surface area contributed by atoms with E-state index in [9.17, 15) is 4.79 Å². The Morgan fingerprint density at radius 3 is 2.65 bits per heavy atom. The van der Waals surface area contributed by atoms with Gasteiger partial charge in [-0.1, -0.05) is 11.6 Å². The fourth-order valence-electron chi connectivity index (χ4n) is 3.07. The third-order valence-electron chi connectivity index (χ3n) is 4.58. The van der Waals surface area contributed by atoms with Crippen LogP contribution in [0.5, 0.6) is 0 Å². The summed E-state index contributed by atoms with van der Waals surface area (Å²) in [5.41, 5.74) is 1.92. The molecule has 2 aromatic heterocycles. The molecule has 26 heavy (non-hydrogen) atoms. The highest BCUT2D eigenvalue weighted by Gasteiger charge is 2.18. The summed E-state index contributed by atoms with van der Waals surface area (Å²) in [6, 6.07) is 7.09. The van der Waals surface area contributed by atoms with Crippen LogP contribution in [0, 0.1) is 6.92 Å². The van der Waals surface area contributed by atoms with Crippen LogP contribution in [-0.4, -0.2) is 52.3 Å². The molecule has 1 saturated heterocycles. The van der Waals surface area contributed by atoms with Crippen LogP contribution in [0.4, 0.5) is 0 Å². The van der Waals surface area contributed by atoms with Gasteiger partial charge in [0.1, 0.15) is 0 Å². The summed E-state index contributed by atoms with van der Waals surface area (Å²) in [6.07, 6.45) is 0.629. The number of morpholine rings is 1. The van der Waals surface area contributed by atoms with Crippen molar-refractivity contribution in [3.05, 3.63) is 50.9 Å². The molecule has 0 aliphatic carbocycles. The van der Waals surface area contributed by atoms with Crippen molar-refractivity contribution in [2.75, 3.05) is 32.8 Å². The first-order valence-electron chi connectivity index (χ1n) is 8.57. The number of fused-ring (bicyclic) bond motifs is 1. The number of nitrogens with zero attached hydrogens (tertiary/aromatic N) is 4. The number of aromatic nitrogens is 3. The lowest BCUT2D eigenvalue weighted by Gasteiger charge is -2.26. The average molecular weight is 375 g/mol. The van der Waals surface area contributed by atoms with Crippen LogP contribution < -0.4 is 5.56 Å². The molecular weight excluding hydrogens is 356 g/mol. The Kier molecular flexibility index (Phi) is 4.76. The Hall–Kier alpha value is -2.22. The van der Waals surface area contributed by atoms with Gasteiger partial charge in [-0.15, -0.1) is 9.61 Å². The molecule has 0 unspecified atom stereocenters. The number of ether oxygens (including phenoxy) is 1. The summed E-state index contributed by atoms with van der Waals surface area (Å²) in [7, 11) is 0. The van der Waals surface area contributed by atoms with Gasteiger partial charge in [0.15, 0.2) is 0 Å². The number of hydrogen-bond donors (Lipinski definition) is 0. The molecule has 136 valence electrons. The predicted octanol–water partition coefficient (Wildman–Crippen LogP) is 2.19. The van der Waals surface area contributed by atoms with Crippen LogP contribution in [0.15, 0.2) is 33.5 Å². The predicted molar refractivity (Wildman–Crippen MR) is 97.7 cm³/mol. The quantitative estimate of drug-likeness (QED) is 0.697. The van der Waals surface area contributed by atoms with E-state index in [0.717, 1.165) is 38.4 Å². The zero-order chi connectivity index (χ0) is 18.1. The topological polar surface area (TPSA) is 72.9 Å². The molecule has 0 saturated carbocycles. The molecule has 1 aliphatic rings. The molecule has 3 aromatic rings. The van der Waals surface area contributed by atoms with E-state index in [4.69, 9.17) is 20.8 Å². The van der Waals surface area contributed by atoms with Gasteiger partial charge in [0.05, 0.1) is 18.9 Å². The van der Waals surface area contributed by atoms with Gasteiger partial charge in [0, 0.05) is 35.8 Å². The summed E-state index contributed by atoms with van der Waals surface area (Å²) in [5.74, 6) is 0.545. The highest BCUT2D eigenvalue weighted by atomic mass is 35.5. The SMILES string of the molecule is Cc1nc2oc(-c3ccc(Cl)cc3)nn2c(=O)c1CCN1CCOCC1. The highest BCUT2D eigenvalue weighted by molar-refractivity contribution is 6.30. The minimum Gasteiger partial charge on any atom is -0.403 e. The Labute approximate surface area is 155 Å². The second-order valence-electron chi connectivity index (χ2n) is 6.29. The van der Waals surface area contributed by atoms with Gasteiger partial charge in [-0.2, -0.15) is 4.98 Å². The number of aryl methyl sites for hydroxylation is 1. The standard InChI is InChI=1S/C18H19ClN4O3/c1-12-15(6-7-22-8-10-25-11-9-22)17(24)23-18(20-12)26-16(21-23)13-2-4-14(19)5-3-13/h2-5H,6-11H2,1H3. The monoisotopic (exact) mass is 374 g/mol. The van der Waals surface area contributed by atoms with Crippen LogP contribution in [0.25, 0.3) is 17.3 Å². The summed E-state index contributed by atoms with van der Waals surface area (Å²) < 4.78 is 12.3. The minimum absolute atomic E-state index is 0.176. The third-order valence-corrected chi connectivity index (χ3v) is 4.84. The van der Waals surface area contributed by atoms with Gasteiger partial charge in [0.2, 0.25) is 5.89 Å². The molecule has 8 heteroatoms. The third kappa shape index (κ3) is 3.38. The van der Waals surface area contributed by atoms with Gasteiger partial charge >= 0.3 is 5.84 Å². The van der Waals surface area contributed by atoms with Gasteiger partial charge in [-0.25, -0.2) is 0 Å². The molecule has 4 rings (SSSR count). The van der Waals surface area contributed by atoms with E-state index in [0.29, 0.717) is 28.6 Å². The Morgan fingerprint density at radius 2 is 1.92 bits per heavy atom. The molecular formula is C18H19ClN4O3. The number of benzene rings is 1. The lowest BCUT2D eigenvalue weighted by molar-refractivity contribution is 0.0384. The molecule has 0 bridgehead atoms. The number of hydrogen-bond acceptors (Lipinski definition) is 6. The van der Waals surface area contributed by atoms with E-state index in [-0.39, 0.29) is 11.4 Å². The summed E-state index contributed by atoms with van der Waals surface area (Å²) in [6.45, 7) is 5.89. The number of rotatable bonds is 4. The molecule has 0 radical (unpaired) electrons.